The number of benzene rings is 2. The molecular weight excluding hydrogens is 550 g/mol. The van der Waals surface area contributed by atoms with Crippen LogP contribution in [0.4, 0.5) is 21.4 Å². The quantitative estimate of drug-likeness (QED) is 0.231. The number of methoxy groups -OCH3 is 1. The summed E-state index contributed by atoms with van der Waals surface area (Å²) in [5.41, 5.74) is 8.88. The van der Waals surface area contributed by atoms with Gasteiger partial charge in [-0.05, 0) is 30.3 Å². The molecule has 3 heterocycles. The van der Waals surface area contributed by atoms with E-state index in [0.717, 1.165) is 44.1 Å². The van der Waals surface area contributed by atoms with Crippen LogP contribution in [0.15, 0.2) is 53.9 Å². The van der Waals surface area contributed by atoms with Gasteiger partial charge in [-0.2, -0.15) is 0 Å². The Morgan fingerprint density at radius 1 is 1.10 bits per heavy atom. The van der Waals surface area contributed by atoms with E-state index in [9.17, 15) is 9.59 Å². The second-order valence-electron chi connectivity index (χ2n) is 8.87. The number of carbonyl (C=O) groups excluding carboxylic acids is 2. The lowest BCUT2D eigenvalue weighted by molar-refractivity contribution is 0.0388. The lowest BCUT2D eigenvalue weighted by Gasteiger charge is -2.26. The van der Waals surface area contributed by atoms with Crippen LogP contribution in [0.2, 0.25) is 0 Å². The molecule has 2 aromatic heterocycles. The van der Waals surface area contributed by atoms with Gasteiger partial charge in [0, 0.05) is 48.4 Å². The monoisotopic (exact) mass is 579 g/mol. The fourth-order valence-corrected chi connectivity index (χ4v) is 5.88. The van der Waals surface area contributed by atoms with Gasteiger partial charge in [0.2, 0.25) is 0 Å². The average molecular weight is 580 g/mol. The van der Waals surface area contributed by atoms with Gasteiger partial charge in [0.15, 0.2) is 5.13 Å². The highest BCUT2D eigenvalue weighted by atomic mass is 32.1. The Bertz CT molecular complexity index is 1480. The number of nitrogens with two attached hydrogens (primary N) is 1. The lowest BCUT2D eigenvalue weighted by atomic mass is 10.1. The molecular formula is C27H29N7O4S2. The number of nitrogens with one attached hydrogen (secondary N) is 3. The Kier molecular flexibility index (Phi) is 8.86. The molecule has 11 nitrogen and oxygen atoms in total. The molecule has 5 rings (SSSR count). The van der Waals surface area contributed by atoms with Crippen molar-refractivity contribution in [2.45, 2.75) is 0 Å². The topological polar surface area (TPSA) is 144 Å². The molecule has 5 N–H and O–H groups in total. The summed E-state index contributed by atoms with van der Waals surface area (Å²) in [6, 6.07) is 14.1. The molecule has 13 heteroatoms. The van der Waals surface area contributed by atoms with E-state index < -0.39 is 0 Å². The standard InChI is InChI=1S/C27H29N7O4S2/c1-37-20-7-3-5-18(15-20)24(35)30-19-6-2-4-17(14-19)21-16-39-25(31-21)22-23(28)32-27(40-22)33-26(36)29-8-9-34-10-12-38-13-11-34/h2-7,14-16H,8-13,28H2,1H3,(H,30,35)(H2,29,32,33,36). The number of aromatic nitrogens is 2. The van der Waals surface area contributed by atoms with Crippen LogP contribution < -0.4 is 26.4 Å². The molecule has 1 fully saturated rings. The number of anilines is 3. The van der Waals surface area contributed by atoms with Crippen LogP contribution in [0.25, 0.3) is 21.1 Å². The van der Waals surface area contributed by atoms with E-state index in [4.69, 9.17) is 20.2 Å². The first kappa shape index (κ1) is 27.5. The van der Waals surface area contributed by atoms with Gasteiger partial charge < -0.3 is 25.8 Å². The van der Waals surface area contributed by atoms with Crippen molar-refractivity contribution in [2.24, 2.45) is 0 Å². The van der Waals surface area contributed by atoms with E-state index in [2.05, 4.69) is 25.8 Å². The van der Waals surface area contributed by atoms with Crippen molar-refractivity contribution < 1.29 is 19.1 Å². The molecule has 0 unspecified atom stereocenters. The Balaban J connectivity index is 1.20. The average Bonchev–Trinajstić information content (AvgIpc) is 3.60. The molecule has 0 atom stereocenters. The maximum absolute atomic E-state index is 12.7. The van der Waals surface area contributed by atoms with Gasteiger partial charge in [-0.25, -0.2) is 14.8 Å². The molecule has 208 valence electrons. The summed E-state index contributed by atoms with van der Waals surface area (Å²) in [6.07, 6.45) is 0. The van der Waals surface area contributed by atoms with E-state index in [1.165, 1.54) is 22.7 Å². The van der Waals surface area contributed by atoms with Gasteiger partial charge in [-0.3, -0.25) is 15.0 Å². The highest BCUT2D eigenvalue weighted by molar-refractivity contribution is 7.23. The number of ether oxygens (including phenoxy) is 2. The van der Waals surface area contributed by atoms with Crippen molar-refractivity contribution in [3.8, 4) is 26.9 Å². The van der Waals surface area contributed by atoms with Crippen LogP contribution in [-0.4, -0.2) is 73.3 Å². The number of thiazole rings is 2. The minimum Gasteiger partial charge on any atom is -0.497 e. The van der Waals surface area contributed by atoms with Crippen LogP contribution in [0.1, 0.15) is 10.4 Å². The zero-order chi connectivity index (χ0) is 27.9. The first-order valence-corrected chi connectivity index (χ1v) is 14.3. The number of nitrogens with zero attached hydrogens (tertiary/aromatic N) is 3. The van der Waals surface area contributed by atoms with Crippen LogP contribution in [0.3, 0.4) is 0 Å². The number of morpholine rings is 1. The third-order valence-corrected chi connectivity index (χ3v) is 8.12. The summed E-state index contributed by atoms with van der Waals surface area (Å²) in [5, 5.41) is 11.5. The van der Waals surface area contributed by atoms with Crippen molar-refractivity contribution >= 4 is 51.2 Å². The molecule has 0 spiro atoms. The molecule has 3 amide bonds. The lowest BCUT2D eigenvalue weighted by Crippen LogP contribution is -2.42. The van der Waals surface area contributed by atoms with Crippen molar-refractivity contribution in [3.05, 3.63) is 59.5 Å². The van der Waals surface area contributed by atoms with Crippen LogP contribution in [0, 0.1) is 0 Å². The molecule has 0 radical (unpaired) electrons. The zero-order valence-electron chi connectivity index (χ0n) is 21.8. The van der Waals surface area contributed by atoms with Crippen molar-refractivity contribution in [2.75, 3.05) is 62.9 Å². The van der Waals surface area contributed by atoms with Gasteiger partial charge in [0.25, 0.3) is 5.91 Å². The number of carbonyl (C=O) groups is 2. The number of rotatable bonds is 9. The largest absolute Gasteiger partial charge is 0.497 e. The number of amides is 3. The summed E-state index contributed by atoms with van der Waals surface area (Å²) >= 11 is 2.70. The van der Waals surface area contributed by atoms with Crippen LogP contribution in [0.5, 0.6) is 5.75 Å². The third kappa shape index (κ3) is 6.93. The zero-order valence-corrected chi connectivity index (χ0v) is 23.4. The molecule has 1 saturated heterocycles. The fourth-order valence-electron chi connectivity index (χ4n) is 4.07. The van der Waals surface area contributed by atoms with Gasteiger partial charge in [0.1, 0.15) is 21.5 Å². The summed E-state index contributed by atoms with van der Waals surface area (Å²) in [4.78, 5) is 37.0. The minimum absolute atomic E-state index is 0.238. The predicted octanol–water partition coefficient (Wildman–Crippen LogP) is 4.23. The summed E-state index contributed by atoms with van der Waals surface area (Å²) in [5.74, 6) is 0.674. The molecule has 40 heavy (non-hydrogen) atoms. The van der Waals surface area contributed by atoms with Gasteiger partial charge in [0.05, 0.1) is 26.0 Å². The second-order valence-corrected chi connectivity index (χ2v) is 10.7. The van der Waals surface area contributed by atoms with Crippen molar-refractivity contribution in [1.82, 2.24) is 20.2 Å². The molecule has 4 aromatic rings. The predicted molar refractivity (Wildman–Crippen MR) is 158 cm³/mol. The van der Waals surface area contributed by atoms with Crippen LogP contribution in [-0.2, 0) is 4.74 Å². The van der Waals surface area contributed by atoms with Crippen molar-refractivity contribution in [1.29, 1.82) is 0 Å². The third-order valence-electron chi connectivity index (χ3n) is 6.14. The summed E-state index contributed by atoms with van der Waals surface area (Å²) < 4.78 is 10.5. The smallest absolute Gasteiger partial charge is 0.321 e. The Labute approximate surface area is 239 Å². The molecule has 0 aliphatic carbocycles. The number of nitrogen functional groups attached to an aromatic ring is 1. The maximum atomic E-state index is 12.7. The highest BCUT2D eigenvalue weighted by Crippen LogP contribution is 2.38. The number of hydrogen-bond acceptors (Lipinski definition) is 10. The van der Waals surface area contributed by atoms with E-state index in [0.29, 0.717) is 44.4 Å². The van der Waals surface area contributed by atoms with E-state index in [-0.39, 0.29) is 11.9 Å². The van der Waals surface area contributed by atoms with E-state index in [1.54, 1.807) is 31.4 Å². The van der Waals surface area contributed by atoms with Gasteiger partial charge in [-0.15, -0.1) is 11.3 Å². The van der Waals surface area contributed by atoms with Crippen LogP contribution >= 0.6 is 22.7 Å². The van der Waals surface area contributed by atoms with Gasteiger partial charge >= 0.3 is 6.03 Å². The highest BCUT2D eigenvalue weighted by Gasteiger charge is 2.17. The number of urea groups is 1. The SMILES string of the molecule is COc1cccc(C(=O)Nc2cccc(-c3csc(-c4sc(NC(=O)NCCN5CCOCC5)nc4N)n3)c2)c1. The first-order chi connectivity index (χ1) is 19.5. The van der Waals surface area contributed by atoms with Crippen molar-refractivity contribution in [3.63, 3.8) is 0 Å². The van der Waals surface area contributed by atoms with E-state index in [1.807, 2.05) is 29.6 Å². The summed E-state index contributed by atoms with van der Waals surface area (Å²) in [6.45, 7) is 4.46. The Morgan fingerprint density at radius 3 is 2.75 bits per heavy atom. The molecule has 1 aliphatic rings. The first-order valence-electron chi connectivity index (χ1n) is 12.6. The molecule has 0 bridgehead atoms. The molecule has 1 aliphatic heterocycles. The fraction of sp³-hybridized carbons (Fsp3) is 0.259. The van der Waals surface area contributed by atoms with E-state index >= 15 is 0 Å². The molecule has 2 aromatic carbocycles. The second kappa shape index (κ2) is 12.9. The summed E-state index contributed by atoms with van der Waals surface area (Å²) in [7, 11) is 1.56. The maximum Gasteiger partial charge on any atom is 0.321 e. The Morgan fingerprint density at radius 2 is 1.93 bits per heavy atom. The van der Waals surface area contributed by atoms with Gasteiger partial charge in [-0.1, -0.05) is 29.5 Å². The normalized spacial score (nSPS) is 13.5. The number of hydrogen-bond donors (Lipinski definition) is 4. The molecule has 0 saturated carbocycles. The Hall–Kier alpha value is -4.04. The minimum atomic E-state index is -0.332.